The lowest BCUT2D eigenvalue weighted by Gasteiger charge is -2.27. The van der Waals surface area contributed by atoms with Gasteiger partial charge in [-0.2, -0.15) is 0 Å². The largest absolute Gasteiger partial charge is 0.483 e. The Morgan fingerprint density at radius 3 is 2.34 bits per heavy atom. The molecule has 16 nitrogen and oxygen atoms in total. The number of nitrogens with zero attached hydrogens (tertiary/aromatic N) is 4. The Morgan fingerprint density at radius 1 is 0.912 bits per heavy atom. The first-order valence-corrected chi connectivity index (χ1v) is 24.6. The van der Waals surface area contributed by atoms with Gasteiger partial charge in [-0.15, -0.1) is 11.3 Å². The zero-order chi connectivity index (χ0) is 48.4. The normalized spacial score (nSPS) is 17.3. The number of carbonyl (C=O) groups is 5. The Labute approximate surface area is 402 Å². The highest BCUT2D eigenvalue weighted by Crippen LogP contribution is 2.33. The zero-order valence-corrected chi connectivity index (χ0v) is 40.6. The van der Waals surface area contributed by atoms with Crippen LogP contribution in [0.4, 0.5) is 5.69 Å². The molecular weight excluding hydrogens is 883 g/mol. The Kier molecular flexibility index (Phi) is 16.6. The minimum atomic E-state index is -0.779. The van der Waals surface area contributed by atoms with E-state index in [1.807, 2.05) is 64.1 Å². The lowest BCUT2D eigenvalue weighted by Crippen LogP contribution is -2.46. The number of aryl methyl sites for hydroxylation is 1. The van der Waals surface area contributed by atoms with E-state index in [0.29, 0.717) is 47.3 Å². The van der Waals surface area contributed by atoms with E-state index in [2.05, 4.69) is 43.1 Å². The van der Waals surface area contributed by atoms with E-state index in [9.17, 15) is 29.1 Å². The minimum absolute atomic E-state index is 0.0995. The predicted octanol–water partition coefficient (Wildman–Crippen LogP) is 6.73. The lowest BCUT2D eigenvalue weighted by molar-refractivity contribution is -0.140. The molecule has 68 heavy (non-hydrogen) atoms. The average molecular weight is 948 g/mol. The summed E-state index contributed by atoms with van der Waals surface area (Å²) in [5.41, 5.74) is 7.19. The highest BCUT2D eigenvalue weighted by Gasteiger charge is 2.39. The molecule has 5 amide bonds. The van der Waals surface area contributed by atoms with E-state index >= 15 is 0 Å². The number of ether oxygens (including phenoxy) is 1. The van der Waals surface area contributed by atoms with Gasteiger partial charge in [0.25, 0.3) is 17.7 Å². The summed E-state index contributed by atoms with van der Waals surface area (Å²) in [6.45, 7) is 12.8. The third-order valence-corrected chi connectivity index (χ3v) is 13.4. The number of carbonyl (C=O) groups excluding carboxylic acids is 5. The molecule has 4 heterocycles. The number of amides is 5. The fourth-order valence-electron chi connectivity index (χ4n) is 8.69. The molecule has 5 aromatic rings. The van der Waals surface area contributed by atoms with E-state index in [1.165, 1.54) is 29.1 Å². The van der Waals surface area contributed by atoms with E-state index in [1.54, 1.807) is 29.8 Å². The molecule has 7 rings (SSSR count). The number of anilines is 1. The van der Waals surface area contributed by atoms with Crippen LogP contribution in [-0.2, 0) is 27.5 Å². The number of aliphatic hydroxyl groups is 1. The van der Waals surface area contributed by atoms with Crippen molar-refractivity contribution >= 4 is 57.6 Å². The molecule has 6 N–H and O–H groups in total. The maximum absolute atomic E-state index is 13.4. The monoisotopic (exact) mass is 947 g/mol. The molecule has 3 aromatic carbocycles. The number of H-pyrrole nitrogens is 1. The van der Waals surface area contributed by atoms with E-state index in [-0.39, 0.29) is 67.5 Å². The number of hydrogen-bond acceptors (Lipinski definition) is 11. The number of imidazole rings is 1. The molecular formula is C51H65N9O7S. The summed E-state index contributed by atoms with van der Waals surface area (Å²) in [6, 6.07) is 17.6. The van der Waals surface area contributed by atoms with Crippen molar-refractivity contribution in [3.63, 3.8) is 0 Å². The number of benzene rings is 3. The van der Waals surface area contributed by atoms with Gasteiger partial charge in [-0.05, 0) is 106 Å². The number of fused-ring (bicyclic) bond motifs is 1. The maximum Gasteiger partial charge on any atom is 0.257 e. The summed E-state index contributed by atoms with van der Waals surface area (Å²) < 4.78 is 6.06. The molecule has 2 aromatic heterocycles. The number of β-amino-alcohol motifs (C(OH)–C–C–N with tert-alkyl or cyclic N) is 1. The molecule has 0 aliphatic carbocycles. The van der Waals surface area contributed by atoms with Gasteiger partial charge in [-0.1, -0.05) is 45.7 Å². The predicted molar refractivity (Wildman–Crippen MR) is 263 cm³/mol. The van der Waals surface area contributed by atoms with Crippen molar-refractivity contribution in [1.29, 1.82) is 0 Å². The van der Waals surface area contributed by atoms with Gasteiger partial charge in [0.2, 0.25) is 11.8 Å². The first kappa shape index (κ1) is 49.7. The molecule has 2 fully saturated rings. The number of hydrogen-bond donors (Lipinski definition) is 6. The van der Waals surface area contributed by atoms with Crippen LogP contribution in [0.25, 0.3) is 21.5 Å². The van der Waals surface area contributed by atoms with Crippen molar-refractivity contribution in [2.75, 3.05) is 38.1 Å². The molecule has 0 bridgehead atoms. The molecule has 17 heteroatoms. The molecule has 1 unspecified atom stereocenters. The smallest absolute Gasteiger partial charge is 0.257 e. The number of aromatic amines is 1. The van der Waals surface area contributed by atoms with Crippen LogP contribution in [0.2, 0.25) is 0 Å². The third-order valence-electron chi connectivity index (χ3n) is 12.4. The molecule has 0 saturated carbocycles. The van der Waals surface area contributed by atoms with Crippen molar-refractivity contribution in [2.45, 2.75) is 117 Å². The molecule has 0 spiro atoms. The van der Waals surface area contributed by atoms with Crippen molar-refractivity contribution in [2.24, 2.45) is 5.41 Å². The summed E-state index contributed by atoms with van der Waals surface area (Å²) in [5, 5.41) is 22.1. The molecule has 2 saturated heterocycles. The Bertz CT molecular complexity index is 2570. The van der Waals surface area contributed by atoms with E-state index < -0.39 is 12.1 Å². The second kappa shape index (κ2) is 22.8. The van der Waals surface area contributed by atoms with Gasteiger partial charge in [0.15, 0.2) is 6.61 Å². The number of unbranched alkanes of at least 4 members (excludes halogenated alkanes) is 3. The van der Waals surface area contributed by atoms with Gasteiger partial charge in [-0.25, -0.2) is 9.97 Å². The number of aliphatic hydroxyl groups excluding tert-OH is 1. The van der Waals surface area contributed by atoms with E-state index in [4.69, 9.17) is 9.72 Å². The fraction of sp³-hybridized carbons (Fsp3) is 0.471. The van der Waals surface area contributed by atoms with Crippen LogP contribution in [-0.4, -0.2) is 110 Å². The van der Waals surface area contributed by atoms with Gasteiger partial charge in [-0.3, -0.25) is 28.9 Å². The second-order valence-corrected chi connectivity index (χ2v) is 20.1. The second-order valence-electron chi connectivity index (χ2n) is 19.2. The molecule has 2 aliphatic heterocycles. The third kappa shape index (κ3) is 13.5. The van der Waals surface area contributed by atoms with Crippen molar-refractivity contribution in [3.8, 4) is 16.2 Å². The summed E-state index contributed by atoms with van der Waals surface area (Å²) in [5.74, 6) is 0.0629. The number of rotatable bonds is 20. The first-order valence-electron chi connectivity index (χ1n) is 23.7. The van der Waals surface area contributed by atoms with Crippen LogP contribution in [0, 0.1) is 12.3 Å². The Morgan fingerprint density at radius 2 is 1.65 bits per heavy atom. The van der Waals surface area contributed by atoms with Crippen molar-refractivity contribution in [1.82, 2.24) is 40.7 Å². The van der Waals surface area contributed by atoms with Gasteiger partial charge >= 0.3 is 0 Å². The van der Waals surface area contributed by atoms with Crippen LogP contribution in [0.5, 0.6) is 5.75 Å². The van der Waals surface area contributed by atoms with Gasteiger partial charge in [0.1, 0.15) is 17.6 Å². The number of aromatic nitrogens is 3. The van der Waals surface area contributed by atoms with Crippen molar-refractivity contribution in [3.05, 3.63) is 94.4 Å². The molecule has 0 radical (unpaired) electrons. The fourth-order valence-corrected chi connectivity index (χ4v) is 9.49. The SMILES string of the molecule is Cc1ncsc1-c1ccc(CNC(=O)[C@@H]2CC(O)CN2C(=O)CC(C)(C)C)c(OCC(=O)NCCCCCCNC(=O)c2ccc(C(=O)Nc3ccc4nc(CN5CCC[C@@H]5C)[nH]c4c3)cc2)c1. The van der Waals surface area contributed by atoms with Crippen LogP contribution in [0.15, 0.2) is 66.2 Å². The van der Waals surface area contributed by atoms with Gasteiger partial charge in [0.05, 0.1) is 39.8 Å². The van der Waals surface area contributed by atoms with E-state index in [0.717, 1.165) is 71.8 Å². The lowest BCUT2D eigenvalue weighted by atomic mass is 9.91. The highest BCUT2D eigenvalue weighted by atomic mass is 32.1. The van der Waals surface area contributed by atoms with Crippen LogP contribution < -0.4 is 26.0 Å². The summed E-state index contributed by atoms with van der Waals surface area (Å²) in [7, 11) is 0. The van der Waals surface area contributed by atoms with Crippen LogP contribution in [0.3, 0.4) is 0 Å². The zero-order valence-electron chi connectivity index (χ0n) is 39.8. The first-order chi connectivity index (χ1) is 32.6. The Hall–Kier alpha value is -6.17. The number of thiazole rings is 1. The minimum Gasteiger partial charge on any atom is -0.483 e. The number of nitrogens with one attached hydrogen (secondary N) is 5. The Balaban J connectivity index is 0.801. The number of likely N-dealkylation sites (tertiary alicyclic amines) is 2. The quantitative estimate of drug-likeness (QED) is 0.0453. The van der Waals surface area contributed by atoms with Crippen molar-refractivity contribution < 1.29 is 33.8 Å². The maximum atomic E-state index is 13.4. The van der Waals surface area contributed by atoms with Gasteiger partial charge < -0.3 is 41.0 Å². The topological polar surface area (TPSA) is 211 Å². The average Bonchev–Trinajstić information content (AvgIpc) is 4.12. The molecule has 362 valence electrons. The van der Waals surface area contributed by atoms with Gasteiger partial charge in [0, 0.05) is 67.4 Å². The standard InChI is InChI=1S/C51H65N9O7S/c1-32-11-10-22-59(32)29-44-57-40-19-18-38(24-41(40)58-44)56-49(65)35-14-12-34(13-15-35)48(64)53-21-9-7-6-8-20-52-45(62)30-67-43-23-36(47-33(2)55-31-68-47)16-17-37(43)27-54-50(66)42-25-39(61)28-60(42)46(63)26-51(3,4)5/h12-19,23-24,31-32,39,42,61H,6-11,20-22,25-30H2,1-5H3,(H,52,62)(H,53,64)(H,54,66)(H,56,65)(H,57,58)/t32-,39?,42-/m0/s1. The highest BCUT2D eigenvalue weighted by molar-refractivity contribution is 7.13. The summed E-state index contributed by atoms with van der Waals surface area (Å²) in [4.78, 5) is 82.6. The molecule has 2 aliphatic rings. The summed E-state index contributed by atoms with van der Waals surface area (Å²) in [6.07, 6.45) is 5.29. The summed E-state index contributed by atoms with van der Waals surface area (Å²) >= 11 is 1.50. The molecule has 3 atom stereocenters. The van der Waals surface area contributed by atoms with Crippen LogP contribution in [0.1, 0.15) is 117 Å². The van der Waals surface area contributed by atoms with Crippen LogP contribution >= 0.6 is 11.3 Å².